The van der Waals surface area contributed by atoms with E-state index in [1.165, 1.54) is 0 Å². The molecular formula is C22H15N3O3. The van der Waals surface area contributed by atoms with E-state index in [-0.39, 0.29) is 5.71 Å². The fourth-order valence-corrected chi connectivity index (χ4v) is 2.89. The van der Waals surface area contributed by atoms with E-state index in [2.05, 4.69) is 10.1 Å². The standard InChI is InChI=1S/C22H15N3O3/c1-13-3-7-16(8-4-13)19-11-18(20-14(2)25-28-21(20)24-19)22(26)27-17-9-5-15(12-23)6-10-17/h3-11H,1-2H3. The van der Waals surface area contributed by atoms with Crippen LogP contribution in [-0.2, 0) is 0 Å². The summed E-state index contributed by atoms with van der Waals surface area (Å²) in [6.45, 7) is 3.75. The normalized spacial score (nSPS) is 10.6. The molecule has 0 aliphatic rings. The number of hydrogen-bond acceptors (Lipinski definition) is 6. The third kappa shape index (κ3) is 3.21. The van der Waals surface area contributed by atoms with Crippen molar-refractivity contribution in [2.24, 2.45) is 0 Å². The van der Waals surface area contributed by atoms with Crippen molar-refractivity contribution in [2.75, 3.05) is 0 Å². The molecule has 28 heavy (non-hydrogen) atoms. The van der Waals surface area contributed by atoms with Crippen LogP contribution in [0, 0.1) is 25.2 Å². The van der Waals surface area contributed by atoms with Gasteiger partial charge in [0.2, 0.25) is 0 Å². The highest BCUT2D eigenvalue weighted by Gasteiger charge is 2.21. The summed E-state index contributed by atoms with van der Waals surface area (Å²) >= 11 is 0. The van der Waals surface area contributed by atoms with Gasteiger partial charge in [0.05, 0.1) is 34.0 Å². The average Bonchev–Trinajstić information content (AvgIpc) is 3.09. The van der Waals surface area contributed by atoms with E-state index in [9.17, 15) is 4.79 Å². The summed E-state index contributed by atoms with van der Waals surface area (Å²) < 4.78 is 10.8. The van der Waals surface area contributed by atoms with E-state index in [4.69, 9.17) is 14.5 Å². The molecule has 0 saturated carbocycles. The van der Waals surface area contributed by atoms with Gasteiger partial charge in [0, 0.05) is 5.56 Å². The number of nitrogens with zero attached hydrogens (tertiary/aromatic N) is 3. The molecule has 0 aliphatic heterocycles. The maximum absolute atomic E-state index is 12.9. The van der Waals surface area contributed by atoms with E-state index in [1.54, 1.807) is 37.3 Å². The Hall–Kier alpha value is -3.98. The molecule has 136 valence electrons. The van der Waals surface area contributed by atoms with Crippen molar-refractivity contribution >= 4 is 17.1 Å². The molecule has 0 fully saturated rings. The van der Waals surface area contributed by atoms with Crippen molar-refractivity contribution in [3.8, 4) is 23.1 Å². The molecule has 0 unspecified atom stereocenters. The van der Waals surface area contributed by atoms with Crippen LogP contribution in [0.2, 0.25) is 0 Å². The van der Waals surface area contributed by atoms with Gasteiger partial charge in [-0.3, -0.25) is 0 Å². The number of carbonyl (C=O) groups is 1. The summed E-state index contributed by atoms with van der Waals surface area (Å²) in [4.78, 5) is 17.4. The lowest BCUT2D eigenvalue weighted by Gasteiger charge is -2.08. The van der Waals surface area contributed by atoms with Crippen LogP contribution >= 0.6 is 0 Å². The smallest absolute Gasteiger partial charge is 0.344 e. The molecule has 0 aliphatic carbocycles. The number of hydrogen-bond donors (Lipinski definition) is 0. The van der Waals surface area contributed by atoms with Gasteiger partial charge >= 0.3 is 5.97 Å². The van der Waals surface area contributed by atoms with Gasteiger partial charge in [-0.05, 0) is 44.2 Å². The summed E-state index contributed by atoms with van der Waals surface area (Å²) in [5.41, 5.74) is 4.23. The van der Waals surface area contributed by atoms with Gasteiger partial charge in [-0.2, -0.15) is 5.26 Å². The number of carbonyl (C=O) groups excluding carboxylic acids is 1. The van der Waals surface area contributed by atoms with Gasteiger partial charge in [0.15, 0.2) is 0 Å². The largest absolute Gasteiger partial charge is 0.423 e. The number of aryl methyl sites for hydroxylation is 2. The second kappa shape index (κ2) is 6.97. The zero-order valence-corrected chi connectivity index (χ0v) is 15.3. The molecule has 4 aromatic rings. The maximum Gasteiger partial charge on any atom is 0.344 e. The van der Waals surface area contributed by atoms with E-state index in [0.29, 0.717) is 33.7 Å². The minimum absolute atomic E-state index is 0.280. The van der Waals surface area contributed by atoms with Crippen molar-refractivity contribution in [3.05, 3.63) is 77.0 Å². The van der Waals surface area contributed by atoms with E-state index in [0.717, 1.165) is 11.1 Å². The minimum Gasteiger partial charge on any atom is -0.423 e. The van der Waals surface area contributed by atoms with Gasteiger partial charge in [-0.15, -0.1) is 0 Å². The molecule has 0 bridgehead atoms. The minimum atomic E-state index is -0.545. The lowest BCUT2D eigenvalue weighted by Crippen LogP contribution is -2.10. The average molecular weight is 369 g/mol. The van der Waals surface area contributed by atoms with Gasteiger partial charge in [0.25, 0.3) is 5.71 Å². The molecule has 0 radical (unpaired) electrons. The van der Waals surface area contributed by atoms with Gasteiger partial charge < -0.3 is 9.26 Å². The molecule has 0 N–H and O–H groups in total. The van der Waals surface area contributed by atoms with Crippen LogP contribution in [0.15, 0.2) is 59.1 Å². The highest BCUT2D eigenvalue weighted by atomic mass is 16.5. The monoisotopic (exact) mass is 369 g/mol. The fourth-order valence-electron chi connectivity index (χ4n) is 2.89. The Labute approximate surface area is 161 Å². The van der Waals surface area contributed by atoms with Crippen molar-refractivity contribution in [3.63, 3.8) is 0 Å². The molecule has 2 aromatic heterocycles. The zero-order valence-electron chi connectivity index (χ0n) is 15.3. The van der Waals surface area contributed by atoms with Crippen LogP contribution in [0.5, 0.6) is 5.75 Å². The number of ether oxygens (including phenoxy) is 1. The van der Waals surface area contributed by atoms with Gasteiger partial charge in [-0.1, -0.05) is 35.0 Å². The molecule has 6 heteroatoms. The predicted molar refractivity (Wildman–Crippen MR) is 103 cm³/mol. The first-order valence-electron chi connectivity index (χ1n) is 8.61. The van der Waals surface area contributed by atoms with Crippen LogP contribution < -0.4 is 4.74 Å². The number of fused-ring (bicyclic) bond motifs is 1. The summed E-state index contributed by atoms with van der Waals surface area (Å²) in [7, 11) is 0. The third-order valence-electron chi connectivity index (χ3n) is 4.38. The number of aromatic nitrogens is 2. The Balaban J connectivity index is 1.77. The quantitative estimate of drug-likeness (QED) is 0.387. The summed E-state index contributed by atoms with van der Waals surface area (Å²) in [5, 5.41) is 13.3. The Kier molecular flexibility index (Phi) is 4.34. The van der Waals surface area contributed by atoms with Crippen molar-refractivity contribution in [2.45, 2.75) is 13.8 Å². The SMILES string of the molecule is Cc1ccc(-c2cc(C(=O)Oc3ccc(C#N)cc3)c3c(C)noc3n2)cc1. The van der Waals surface area contributed by atoms with Crippen LogP contribution in [0.1, 0.15) is 27.2 Å². The lowest BCUT2D eigenvalue weighted by atomic mass is 10.0. The zero-order chi connectivity index (χ0) is 19.7. The van der Waals surface area contributed by atoms with Crippen LogP contribution in [0.4, 0.5) is 0 Å². The van der Waals surface area contributed by atoms with E-state index < -0.39 is 5.97 Å². The van der Waals surface area contributed by atoms with E-state index >= 15 is 0 Å². The van der Waals surface area contributed by atoms with E-state index in [1.807, 2.05) is 37.3 Å². The summed E-state index contributed by atoms with van der Waals surface area (Å²) in [6, 6.07) is 17.9. The Bertz CT molecular complexity index is 1220. The molecule has 0 saturated heterocycles. The number of benzene rings is 2. The number of rotatable bonds is 3. The second-order valence-corrected chi connectivity index (χ2v) is 6.39. The first-order chi connectivity index (χ1) is 13.5. The second-order valence-electron chi connectivity index (χ2n) is 6.39. The Morgan fingerprint density at radius 2 is 1.79 bits per heavy atom. The topological polar surface area (TPSA) is 89.0 Å². The van der Waals surface area contributed by atoms with Crippen LogP contribution in [0.3, 0.4) is 0 Å². The number of nitriles is 1. The highest BCUT2D eigenvalue weighted by molar-refractivity contribution is 6.05. The maximum atomic E-state index is 12.9. The predicted octanol–water partition coefficient (Wildman–Crippen LogP) is 4.60. The summed E-state index contributed by atoms with van der Waals surface area (Å²) in [5.74, 6) is -0.197. The number of esters is 1. The van der Waals surface area contributed by atoms with Crippen molar-refractivity contribution < 1.29 is 14.1 Å². The molecule has 0 atom stereocenters. The highest BCUT2D eigenvalue weighted by Crippen LogP contribution is 2.28. The Morgan fingerprint density at radius 1 is 1.07 bits per heavy atom. The van der Waals surface area contributed by atoms with Gasteiger partial charge in [-0.25, -0.2) is 9.78 Å². The summed E-state index contributed by atoms with van der Waals surface area (Å²) in [6.07, 6.45) is 0. The van der Waals surface area contributed by atoms with Crippen molar-refractivity contribution in [1.29, 1.82) is 5.26 Å². The van der Waals surface area contributed by atoms with Crippen LogP contribution in [-0.4, -0.2) is 16.1 Å². The molecule has 0 amide bonds. The first kappa shape index (κ1) is 17.4. The number of pyridine rings is 1. The van der Waals surface area contributed by atoms with Crippen molar-refractivity contribution in [1.82, 2.24) is 10.1 Å². The molecule has 2 aromatic carbocycles. The lowest BCUT2D eigenvalue weighted by molar-refractivity contribution is 0.0736. The molecule has 0 spiro atoms. The van der Waals surface area contributed by atoms with Gasteiger partial charge in [0.1, 0.15) is 5.75 Å². The first-order valence-corrected chi connectivity index (χ1v) is 8.61. The molecular weight excluding hydrogens is 354 g/mol. The Morgan fingerprint density at radius 3 is 2.46 bits per heavy atom. The fraction of sp³-hybridized carbons (Fsp3) is 0.0909. The third-order valence-corrected chi connectivity index (χ3v) is 4.38. The molecule has 2 heterocycles. The van der Waals surface area contributed by atoms with Crippen LogP contribution in [0.25, 0.3) is 22.4 Å². The molecule has 4 rings (SSSR count). The molecule has 6 nitrogen and oxygen atoms in total.